The molecule has 122 valence electrons. The van der Waals surface area contributed by atoms with Crippen molar-refractivity contribution < 1.29 is 9.18 Å². The van der Waals surface area contributed by atoms with Crippen LogP contribution in [-0.2, 0) is 4.79 Å². The molecule has 0 aliphatic carbocycles. The van der Waals surface area contributed by atoms with Crippen LogP contribution in [-0.4, -0.2) is 20.7 Å². The molecule has 0 spiro atoms. The average molecular weight is 341 g/mol. The molecule has 1 N–H and O–H groups in total. The summed E-state index contributed by atoms with van der Waals surface area (Å²) in [5, 5.41) is 2.89. The van der Waals surface area contributed by atoms with Crippen molar-refractivity contribution in [2.24, 2.45) is 0 Å². The van der Waals surface area contributed by atoms with Crippen LogP contribution in [0.1, 0.15) is 6.92 Å². The molecule has 1 amide bonds. The van der Waals surface area contributed by atoms with E-state index in [2.05, 4.69) is 10.3 Å². The van der Waals surface area contributed by atoms with Crippen molar-refractivity contribution in [1.29, 1.82) is 0 Å². The lowest BCUT2D eigenvalue weighted by Crippen LogP contribution is -2.23. The number of hydrogen-bond acceptors (Lipinski definition) is 3. The summed E-state index contributed by atoms with van der Waals surface area (Å²) in [7, 11) is 0. The van der Waals surface area contributed by atoms with E-state index in [1.807, 2.05) is 41.1 Å². The molecule has 0 fully saturated rings. The standard InChI is InChI=1S/C18H16FN3OS/c1-13(17(23)21-16-10-6-5-9-15(16)19)24-18-20-11-12-22(18)14-7-3-2-4-8-14/h2-13H,1H3,(H,21,23)/t13-/m1/s1. The lowest BCUT2D eigenvalue weighted by molar-refractivity contribution is -0.115. The predicted molar refractivity (Wildman–Crippen MR) is 93.9 cm³/mol. The molecule has 3 rings (SSSR count). The van der Waals surface area contributed by atoms with E-state index < -0.39 is 11.1 Å². The summed E-state index contributed by atoms with van der Waals surface area (Å²) >= 11 is 1.32. The lowest BCUT2D eigenvalue weighted by Gasteiger charge is -2.13. The van der Waals surface area contributed by atoms with Crippen LogP contribution in [0.2, 0.25) is 0 Å². The first-order valence-electron chi connectivity index (χ1n) is 7.46. The van der Waals surface area contributed by atoms with E-state index in [0.717, 1.165) is 5.69 Å². The fraction of sp³-hybridized carbons (Fsp3) is 0.111. The first-order valence-corrected chi connectivity index (χ1v) is 8.34. The van der Waals surface area contributed by atoms with Crippen LogP contribution in [0.25, 0.3) is 5.69 Å². The maximum atomic E-state index is 13.6. The SMILES string of the molecule is C[C@@H](Sc1nccn1-c1ccccc1)C(=O)Nc1ccccc1F. The maximum Gasteiger partial charge on any atom is 0.237 e. The van der Waals surface area contributed by atoms with Crippen molar-refractivity contribution in [1.82, 2.24) is 9.55 Å². The van der Waals surface area contributed by atoms with Gasteiger partial charge in [-0.25, -0.2) is 9.37 Å². The molecular weight excluding hydrogens is 325 g/mol. The Morgan fingerprint density at radius 2 is 1.88 bits per heavy atom. The van der Waals surface area contributed by atoms with Crippen LogP contribution >= 0.6 is 11.8 Å². The number of carbonyl (C=O) groups excluding carboxylic acids is 1. The van der Waals surface area contributed by atoms with E-state index in [0.29, 0.717) is 5.16 Å². The lowest BCUT2D eigenvalue weighted by atomic mass is 10.3. The zero-order valence-electron chi connectivity index (χ0n) is 13.0. The molecule has 0 bridgehead atoms. The van der Waals surface area contributed by atoms with Crippen LogP contribution < -0.4 is 5.32 Å². The number of hydrogen-bond donors (Lipinski definition) is 1. The Balaban J connectivity index is 1.72. The number of thioether (sulfide) groups is 1. The summed E-state index contributed by atoms with van der Waals surface area (Å²) in [6.07, 6.45) is 3.54. The minimum Gasteiger partial charge on any atom is -0.323 e. The number of amides is 1. The molecule has 4 nitrogen and oxygen atoms in total. The van der Waals surface area contributed by atoms with Crippen molar-refractivity contribution in [3.8, 4) is 5.69 Å². The average Bonchev–Trinajstić information content (AvgIpc) is 3.05. The normalized spacial score (nSPS) is 11.9. The monoisotopic (exact) mass is 341 g/mol. The molecule has 2 aromatic carbocycles. The second-order valence-electron chi connectivity index (χ2n) is 5.14. The van der Waals surface area contributed by atoms with Gasteiger partial charge in [0.1, 0.15) is 5.82 Å². The number of anilines is 1. The van der Waals surface area contributed by atoms with Gasteiger partial charge in [0.05, 0.1) is 10.9 Å². The zero-order chi connectivity index (χ0) is 16.9. The van der Waals surface area contributed by atoms with E-state index in [-0.39, 0.29) is 11.6 Å². The third-order valence-electron chi connectivity index (χ3n) is 3.42. The number of benzene rings is 2. The summed E-state index contributed by atoms with van der Waals surface area (Å²) < 4.78 is 15.6. The zero-order valence-corrected chi connectivity index (χ0v) is 13.8. The molecule has 0 aliphatic heterocycles. The molecule has 1 atom stereocenters. The number of aromatic nitrogens is 2. The molecule has 0 radical (unpaired) electrons. The molecule has 6 heteroatoms. The van der Waals surface area contributed by atoms with Gasteiger partial charge in [-0.15, -0.1) is 0 Å². The van der Waals surface area contributed by atoms with Crippen LogP contribution in [0.15, 0.2) is 72.1 Å². The van der Waals surface area contributed by atoms with E-state index in [1.54, 1.807) is 25.3 Å². The minimum absolute atomic E-state index is 0.182. The molecule has 0 aliphatic rings. The number of nitrogens with one attached hydrogen (secondary N) is 1. The van der Waals surface area contributed by atoms with Crippen LogP contribution in [0, 0.1) is 5.82 Å². The molecule has 1 aromatic heterocycles. The van der Waals surface area contributed by atoms with Gasteiger partial charge in [0.25, 0.3) is 0 Å². The topological polar surface area (TPSA) is 46.9 Å². The quantitative estimate of drug-likeness (QED) is 0.710. The second kappa shape index (κ2) is 7.31. The van der Waals surface area contributed by atoms with Gasteiger partial charge < -0.3 is 5.32 Å². The van der Waals surface area contributed by atoms with Crippen LogP contribution in [0.4, 0.5) is 10.1 Å². The van der Waals surface area contributed by atoms with Gasteiger partial charge in [0.15, 0.2) is 5.16 Å². The van der Waals surface area contributed by atoms with Gasteiger partial charge in [-0.2, -0.15) is 0 Å². The molecule has 0 saturated carbocycles. The van der Waals surface area contributed by atoms with Gasteiger partial charge in [-0.1, -0.05) is 42.1 Å². The van der Waals surface area contributed by atoms with E-state index in [4.69, 9.17) is 0 Å². The molecule has 0 saturated heterocycles. The fourth-order valence-electron chi connectivity index (χ4n) is 2.17. The third kappa shape index (κ3) is 3.65. The summed E-state index contributed by atoms with van der Waals surface area (Å²) in [6, 6.07) is 15.9. The summed E-state index contributed by atoms with van der Waals surface area (Å²) in [5.74, 6) is -0.721. The Morgan fingerprint density at radius 1 is 1.17 bits per heavy atom. The Kier molecular flexibility index (Phi) is 4.96. The highest BCUT2D eigenvalue weighted by atomic mass is 32.2. The first-order chi connectivity index (χ1) is 11.6. The molecule has 1 heterocycles. The highest BCUT2D eigenvalue weighted by molar-refractivity contribution is 8.00. The molecule has 24 heavy (non-hydrogen) atoms. The van der Waals surface area contributed by atoms with Crippen molar-refractivity contribution in [3.05, 3.63) is 72.8 Å². The number of halogens is 1. The van der Waals surface area contributed by atoms with Crippen molar-refractivity contribution in [3.63, 3.8) is 0 Å². The number of imidazole rings is 1. The fourth-order valence-corrected chi connectivity index (χ4v) is 3.05. The van der Waals surface area contributed by atoms with E-state index in [9.17, 15) is 9.18 Å². The van der Waals surface area contributed by atoms with Crippen molar-refractivity contribution in [2.45, 2.75) is 17.3 Å². The maximum absolute atomic E-state index is 13.6. The van der Waals surface area contributed by atoms with Gasteiger partial charge in [-0.05, 0) is 31.2 Å². The highest BCUT2D eigenvalue weighted by Gasteiger charge is 2.18. The van der Waals surface area contributed by atoms with Gasteiger partial charge >= 0.3 is 0 Å². The van der Waals surface area contributed by atoms with Gasteiger partial charge in [0, 0.05) is 18.1 Å². The Bertz CT molecular complexity index is 835. The first kappa shape index (κ1) is 16.3. The Morgan fingerprint density at radius 3 is 2.62 bits per heavy atom. The highest BCUT2D eigenvalue weighted by Crippen LogP contribution is 2.25. The summed E-state index contributed by atoms with van der Waals surface area (Å²) in [6.45, 7) is 1.77. The van der Waals surface area contributed by atoms with Crippen LogP contribution in [0.5, 0.6) is 0 Å². The largest absolute Gasteiger partial charge is 0.323 e. The van der Waals surface area contributed by atoms with Gasteiger partial charge in [0.2, 0.25) is 5.91 Å². The van der Waals surface area contributed by atoms with E-state index in [1.165, 1.54) is 23.9 Å². The van der Waals surface area contributed by atoms with Gasteiger partial charge in [-0.3, -0.25) is 9.36 Å². The van der Waals surface area contributed by atoms with Crippen molar-refractivity contribution in [2.75, 3.05) is 5.32 Å². The predicted octanol–water partition coefficient (Wildman–Crippen LogP) is 4.13. The molecule has 0 unspecified atom stereocenters. The molecular formula is C18H16FN3OS. The number of nitrogens with zero attached hydrogens (tertiary/aromatic N) is 2. The Hall–Kier alpha value is -2.60. The third-order valence-corrected chi connectivity index (χ3v) is 4.50. The second-order valence-corrected chi connectivity index (χ2v) is 6.45. The van der Waals surface area contributed by atoms with E-state index >= 15 is 0 Å². The summed E-state index contributed by atoms with van der Waals surface area (Å²) in [5.41, 5.74) is 1.15. The summed E-state index contributed by atoms with van der Waals surface area (Å²) in [4.78, 5) is 16.6. The number of carbonyl (C=O) groups is 1. The minimum atomic E-state index is -0.450. The Labute approximate surface area is 143 Å². The molecule has 3 aromatic rings. The number of rotatable bonds is 5. The van der Waals surface area contributed by atoms with Crippen molar-refractivity contribution >= 4 is 23.4 Å². The smallest absolute Gasteiger partial charge is 0.237 e. The van der Waals surface area contributed by atoms with Crippen LogP contribution in [0.3, 0.4) is 0 Å². The number of para-hydroxylation sites is 2.